The summed E-state index contributed by atoms with van der Waals surface area (Å²) < 4.78 is 5.91. The molecule has 2 aromatic carbocycles. The largest absolute Gasteiger partial charge is 0.489 e. The molecular formula is C28H32N2O5. The number of rotatable bonds is 9. The lowest BCUT2D eigenvalue weighted by Crippen LogP contribution is -2.32. The predicted molar refractivity (Wildman–Crippen MR) is 134 cm³/mol. The first-order chi connectivity index (χ1) is 16.6. The van der Waals surface area contributed by atoms with Gasteiger partial charge >= 0.3 is 5.97 Å². The van der Waals surface area contributed by atoms with Crippen molar-refractivity contribution in [1.29, 1.82) is 0 Å². The third-order valence-corrected chi connectivity index (χ3v) is 5.78. The maximum absolute atomic E-state index is 13.2. The molecule has 1 aromatic heterocycles. The molecule has 0 aliphatic carbocycles. The second-order valence-electron chi connectivity index (χ2n) is 9.58. The van der Waals surface area contributed by atoms with E-state index >= 15 is 0 Å². The van der Waals surface area contributed by atoms with Crippen molar-refractivity contribution in [2.45, 2.75) is 46.3 Å². The van der Waals surface area contributed by atoms with Crippen molar-refractivity contribution < 1.29 is 24.5 Å². The van der Waals surface area contributed by atoms with Gasteiger partial charge in [-0.2, -0.15) is 0 Å². The second kappa shape index (κ2) is 11.1. The monoisotopic (exact) mass is 476 g/mol. The Kier molecular flexibility index (Phi) is 8.25. The van der Waals surface area contributed by atoms with Gasteiger partial charge in [0.15, 0.2) is 0 Å². The summed E-state index contributed by atoms with van der Waals surface area (Å²) in [5.41, 5.74) is 2.63. The van der Waals surface area contributed by atoms with Gasteiger partial charge < -0.3 is 20.3 Å². The van der Waals surface area contributed by atoms with E-state index in [2.05, 4.69) is 10.3 Å². The predicted octanol–water partition coefficient (Wildman–Crippen LogP) is 4.79. The minimum Gasteiger partial charge on any atom is -0.489 e. The molecule has 3 rings (SSSR count). The Hall–Kier alpha value is -3.71. The number of ether oxygens (including phenoxy) is 1. The van der Waals surface area contributed by atoms with Gasteiger partial charge in [-0.25, -0.2) is 4.98 Å². The zero-order valence-corrected chi connectivity index (χ0v) is 20.5. The highest BCUT2D eigenvalue weighted by atomic mass is 16.5. The third kappa shape index (κ3) is 6.90. The molecule has 184 valence electrons. The molecule has 2 atom stereocenters. The van der Waals surface area contributed by atoms with Crippen molar-refractivity contribution >= 4 is 11.9 Å². The summed E-state index contributed by atoms with van der Waals surface area (Å²) in [7, 11) is 0. The van der Waals surface area contributed by atoms with Gasteiger partial charge in [0.2, 0.25) is 0 Å². The lowest BCUT2D eigenvalue weighted by molar-refractivity contribution is -0.137. The van der Waals surface area contributed by atoms with Crippen molar-refractivity contribution in [3.63, 3.8) is 0 Å². The Balaban J connectivity index is 1.91. The summed E-state index contributed by atoms with van der Waals surface area (Å²) in [5.74, 6) is -1.06. The highest BCUT2D eigenvalue weighted by Crippen LogP contribution is 2.30. The van der Waals surface area contributed by atoms with Crippen LogP contribution in [0.4, 0.5) is 0 Å². The Morgan fingerprint density at radius 2 is 1.66 bits per heavy atom. The van der Waals surface area contributed by atoms with Crippen LogP contribution in [0.3, 0.4) is 0 Å². The fraction of sp³-hybridized carbons (Fsp3) is 0.321. The highest BCUT2D eigenvalue weighted by Gasteiger charge is 2.25. The number of carboxylic acid groups (broad SMARTS) is 1. The number of nitrogens with zero attached hydrogens (tertiary/aromatic N) is 1. The molecule has 3 aromatic rings. The lowest BCUT2D eigenvalue weighted by Gasteiger charge is -2.26. The summed E-state index contributed by atoms with van der Waals surface area (Å²) in [4.78, 5) is 29.2. The molecule has 0 aliphatic rings. The molecule has 0 unspecified atom stereocenters. The van der Waals surface area contributed by atoms with E-state index in [0.29, 0.717) is 11.4 Å². The molecule has 0 fully saturated rings. The molecule has 0 spiro atoms. The van der Waals surface area contributed by atoms with Crippen LogP contribution in [0.2, 0.25) is 0 Å². The van der Waals surface area contributed by atoms with Crippen LogP contribution in [0.1, 0.15) is 54.8 Å². The topological polar surface area (TPSA) is 109 Å². The number of amides is 1. The Labute approximate surface area is 205 Å². The van der Waals surface area contributed by atoms with E-state index in [1.165, 1.54) is 6.07 Å². The van der Waals surface area contributed by atoms with Crippen LogP contribution in [0.25, 0.3) is 11.3 Å². The molecule has 0 saturated carbocycles. The number of benzene rings is 2. The summed E-state index contributed by atoms with van der Waals surface area (Å²) in [6, 6.07) is 19.2. The van der Waals surface area contributed by atoms with E-state index in [4.69, 9.17) is 4.74 Å². The number of hydrogen-bond donors (Lipinski definition) is 3. The molecule has 0 bridgehead atoms. The fourth-order valence-corrected chi connectivity index (χ4v) is 3.53. The van der Waals surface area contributed by atoms with Crippen molar-refractivity contribution in [1.82, 2.24) is 10.3 Å². The highest BCUT2D eigenvalue weighted by molar-refractivity contribution is 5.93. The minimum atomic E-state index is -1.02. The minimum absolute atomic E-state index is 0.0739. The van der Waals surface area contributed by atoms with Crippen molar-refractivity contribution in [3.05, 3.63) is 83.6 Å². The number of carboxylic acids is 1. The third-order valence-electron chi connectivity index (χ3n) is 5.78. The first-order valence-corrected chi connectivity index (χ1v) is 11.5. The Morgan fingerprint density at radius 3 is 2.29 bits per heavy atom. The van der Waals surface area contributed by atoms with Gasteiger partial charge in [0.1, 0.15) is 23.7 Å². The van der Waals surface area contributed by atoms with Crippen LogP contribution in [-0.4, -0.2) is 39.8 Å². The number of aliphatic carboxylic acids is 1. The van der Waals surface area contributed by atoms with E-state index < -0.39 is 24.0 Å². The second-order valence-corrected chi connectivity index (χ2v) is 9.58. The molecule has 0 radical (unpaired) electrons. The molecular weight excluding hydrogens is 444 g/mol. The summed E-state index contributed by atoms with van der Waals surface area (Å²) in [6.45, 7) is 7.72. The summed E-state index contributed by atoms with van der Waals surface area (Å²) in [5, 5.41) is 22.6. The van der Waals surface area contributed by atoms with Gasteiger partial charge in [0.25, 0.3) is 5.91 Å². The van der Waals surface area contributed by atoms with Crippen LogP contribution in [0, 0.1) is 12.3 Å². The average molecular weight is 477 g/mol. The normalized spacial score (nSPS) is 13.1. The van der Waals surface area contributed by atoms with Gasteiger partial charge in [-0.05, 0) is 35.6 Å². The van der Waals surface area contributed by atoms with Crippen LogP contribution in [-0.2, 0) is 4.79 Å². The standard InChI is InChI=1S/C28H32N2O5/c1-18-10-8-9-13-20(18)22(16-25(32)33)30-27(34)21-14-15-23(35-17-24(31)28(2,3)4)26(29-21)19-11-6-5-7-12-19/h5-15,22,24,31H,16-17H2,1-4H3,(H,30,34)(H,32,33)/t22-,24-/m0/s1. The number of carbonyl (C=O) groups is 2. The number of aliphatic hydroxyl groups is 1. The number of carbonyl (C=O) groups excluding carboxylic acids is 1. The van der Waals surface area contributed by atoms with E-state index in [1.54, 1.807) is 6.07 Å². The Bertz CT molecular complexity index is 1170. The molecule has 0 saturated heterocycles. The number of aryl methyl sites for hydroxylation is 1. The van der Waals surface area contributed by atoms with E-state index in [9.17, 15) is 19.8 Å². The number of pyridine rings is 1. The molecule has 1 amide bonds. The number of nitrogens with one attached hydrogen (secondary N) is 1. The number of hydrogen-bond acceptors (Lipinski definition) is 5. The van der Waals surface area contributed by atoms with Gasteiger partial charge in [0, 0.05) is 5.56 Å². The van der Waals surface area contributed by atoms with E-state index in [0.717, 1.165) is 16.7 Å². The average Bonchev–Trinajstić information content (AvgIpc) is 2.82. The lowest BCUT2D eigenvalue weighted by atomic mass is 9.90. The van der Waals surface area contributed by atoms with Crippen LogP contribution >= 0.6 is 0 Å². The molecule has 35 heavy (non-hydrogen) atoms. The summed E-state index contributed by atoms with van der Waals surface area (Å²) >= 11 is 0. The van der Waals surface area contributed by atoms with Crippen LogP contribution in [0.15, 0.2) is 66.7 Å². The SMILES string of the molecule is Cc1ccccc1[C@H](CC(=O)O)NC(=O)c1ccc(OC[C@H](O)C(C)(C)C)c(-c2ccccc2)n1. The molecule has 1 heterocycles. The zero-order chi connectivity index (χ0) is 25.6. The van der Waals surface area contributed by atoms with Crippen molar-refractivity contribution in [2.24, 2.45) is 5.41 Å². The van der Waals surface area contributed by atoms with E-state index in [1.807, 2.05) is 82.3 Å². The Morgan fingerprint density at radius 1 is 1.00 bits per heavy atom. The van der Waals surface area contributed by atoms with Gasteiger partial charge in [-0.15, -0.1) is 0 Å². The maximum Gasteiger partial charge on any atom is 0.305 e. The smallest absolute Gasteiger partial charge is 0.305 e. The summed E-state index contributed by atoms with van der Waals surface area (Å²) in [6.07, 6.45) is -0.950. The van der Waals surface area contributed by atoms with Gasteiger partial charge in [0.05, 0.1) is 18.6 Å². The molecule has 3 N–H and O–H groups in total. The van der Waals surface area contributed by atoms with Crippen molar-refractivity contribution in [2.75, 3.05) is 6.61 Å². The van der Waals surface area contributed by atoms with Gasteiger partial charge in [-0.1, -0.05) is 75.4 Å². The molecule has 7 heteroatoms. The van der Waals surface area contributed by atoms with Crippen LogP contribution < -0.4 is 10.1 Å². The van der Waals surface area contributed by atoms with Crippen molar-refractivity contribution in [3.8, 4) is 17.0 Å². The number of aromatic nitrogens is 1. The number of aliphatic hydroxyl groups excluding tert-OH is 1. The molecule has 7 nitrogen and oxygen atoms in total. The first-order valence-electron chi connectivity index (χ1n) is 11.5. The zero-order valence-electron chi connectivity index (χ0n) is 20.5. The van der Waals surface area contributed by atoms with Crippen LogP contribution in [0.5, 0.6) is 5.75 Å². The van der Waals surface area contributed by atoms with E-state index in [-0.39, 0.29) is 24.1 Å². The molecule has 0 aliphatic heterocycles. The fourth-order valence-electron chi connectivity index (χ4n) is 3.53. The maximum atomic E-state index is 13.2. The van der Waals surface area contributed by atoms with Gasteiger partial charge in [-0.3, -0.25) is 9.59 Å². The quantitative estimate of drug-likeness (QED) is 0.410. The first kappa shape index (κ1) is 25.9.